The number of ether oxygens (including phenoxy) is 1. The average molecular weight is 237 g/mol. The lowest BCUT2D eigenvalue weighted by molar-refractivity contribution is -0.149. The second-order valence-corrected chi connectivity index (χ2v) is 4.84. The van der Waals surface area contributed by atoms with Crippen LogP contribution in [0.25, 0.3) is 0 Å². The number of hydrogen-bond donors (Lipinski definition) is 1. The number of rotatable bonds is 3. The van der Waals surface area contributed by atoms with Gasteiger partial charge in [0.1, 0.15) is 0 Å². The summed E-state index contributed by atoms with van der Waals surface area (Å²) >= 11 is 0. The molecule has 0 aromatic rings. The maximum absolute atomic E-state index is 11.3. The highest BCUT2D eigenvalue weighted by Crippen LogP contribution is 2.19. The third kappa shape index (κ3) is 3.44. The lowest BCUT2D eigenvalue weighted by Crippen LogP contribution is -2.42. The monoisotopic (exact) mass is 237 g/mol. The molecular weight excluding hydrogens is 222 g/mol. The molecule has 1 fully saturated rings. The topological polar surface area (TPSA) is 83.9 Å². The normalized spacial score (nSPS) is 23.7. The molecule has 0 aromatic carbocycles. The summed E-state index contributed by atoms with van der Waals surface area (Å²) in [7, 11) is -4.18. The summed E-state index contributed by atoms with van der Waals surface area (Å²) in [5.74, 6) is -0.855. The molecule has 88 valence electrons. The number of hydrogen-bond acceptors (Lipinski definition) is 4. The molecule has 0 radical (unpaired) electrons. The van der Waals surface area contributed by atoms with Gasteiger partial charge in [-0.2, -0.15) is 12.7 Å². The van der Waals surface area contributed by atoms with E-state index in [9.17, 15) is 13.2 Å². The van der Waals surface area contributed by atoms with Gasteiger partial charge in [-0.3, -0.25) is 9.35 Å². The van der Waals surface area contributed by atoms with E-state index in [-0.39, 0.29) is 19.7 Å². The highest BCUT2D eigenvalue weighted by Gasteiger charge is 2.31. The summed E-state index contributed by atoms with van der Waals surface area (Å²) in [6, 6.07) is 0. The van der Waals surface area contributed by atoms with Crippen LogP contribution in [0.3, 0.4) is 0 Å². The Morgan fingerprint density at radius 3 is 2.80 bits per heavy atom. The average Bonchev–Trinajstić information content (AvgIpc) is 2.17. The van der Waals surface area contributed by atoms with Crippen molar-refractivity contribution in [3.05, 3.63) is 0 Å². The van der Waals surface area contributed by atoms with Crippen LogP contribution in [0, 0.1) is 5.92 Å². The molecule has 0 saturated carbocycles. The molecule has 0 amide bonds. The van der Waals surface area contributed by atoms with Gasteiger partial charge in [-0.1, -0.05) is 0 Å². The van der Waals surface area contributed by atoms with Crippen molar-refractivity contribution >= 4 is 16.3 Å². The molecule has 0 aromatic heterocycles. The van der Waals surface area contributed by atoms with Gasteiger partial charge in [0.25, 0.3) is 0 Å². The van der Waals surface area contributed by atoms with Crippen molar-refractivity contribution in [2.45, 2.75) is 19.8 Å². The molecule has 0 aliphatic carbocycles. The van der Waals surface area contributed by atoms with Crippen molar-refractivity contribution < 1.29 is 22.5 Å². The first-order valence-corrected chi connectivity index (χ1v) is 6.24. The van der Waals surface area contributed by atoms with E-state index in [0.29, 0.717) is 12.8 Å². The van der Waals surface area contributed by atoms with E-state index < -0.39 is 22.2 Å². The van der Waals surface area contributed by atoms with Crippen LogP contribution in [0.4, 0.5) is 0 Å². The molecule has 1 saturated heterocycles. The SMILES string of the molecule is CCOC(=O)C1CCCN(S(=O)(=O)O)C1. The third-order valence-electron chi connectivity index (χ3n) is 2.33. The maximum atomic E-state index is 11.3. The van der Waals surface area contributed by atoms with E-state index >= 15 is 0 Å². The quantitative estimate of drug-likeness (QED) is 0.554. The number of carbonyl (C=O) groups is 1. The highest BCUT2D eigenvalue weighted by molar-refractivity contribution is 7.83. The van der Waals surface area contributed by atoms with Crippen molar-refractivity contribution in [3.8, 4) is 0 Å². The van der Waals surface area contributed by atoms with Gasteiger partial charge in [-0.25, -0.2) is 0 Å². The summed E-state index contributed by atoms with van der Waals surface area (Å²) < 4.78 is 36.2. The fourth-order valence-electron chi connectivity index (χ4n) is 1.60. The van der Waals surface area contributed by atoms with E-state index in [1.807, 2.05) is 0 Å². The van der Waals surface area contributed by atoms with E-state index in [1.165, 1.54) is 0 Å². The first-order valence-electron chi connectivity index (χ1n) is 4.84. The number of esters is 1. The molecule has 1 aliphatic heterocycles. The molecule has 1 aliphatic rings. The Balaban J connectivity index is 2.60. The predicted octanol–water partition coefficient (Wildman–Crippen LogP) is 0.0643. The second-order valence-electron chi connectivity index (χ2n) is 3.43. The van der Waals surface area contributed by atoms with Gasteiger partial charge in [0, 0.05) is 13.1 Å². The molecule has 0 bridgehead atoms. The zero-order valence-electron chi connectivity index (χ0n) is 8.55. The predicted molar refractivity (Wildman–Crippen MR) is 52.5 cm³/mol. The van der Waals surface area contributed by atoms with Gasteiger partial charge in [0.15, 0.2) is 0 Å². The summed E-state index contributed by atoms with van der Waals surface area (Å²) in [4.78, 5) is 11.3. The number of piperidine rings is 1. The van der Waals surface area contributed by atoms with Crippen LogP contribution in [0.15, 0.2) is 0 Å². The molecular formula is C8H15NO5S. The minimum atomic E-state index is -4.18. The van der Waals surface area contributed by atoms with Gasteiger partial charge in [-0.15, -0.1) is 0 Å². The van der Waals surface area contributed by atoms with Crippen LogP contribution >= 0.6 is 0 Å². The van der Waals surface area contributed by atoms with Crippen molar-refractivity contribution in [1.29, 1.82) is 0 Å². The summed E-state index contributed by atoms with van der Waals surface area (Å²) in [6.45, 7) is 2.24. The first-order chi connectivity index (χ1) is 6.95. The Morgan fingerprint density at radius 2 is 2.27 bits per heavy atom. The molecule has 1 N–H and O–H groups in total. The lowest BCUT2D eigenvalue weighted by atomic mass is 10.0. The van der Waals surface area contributed by atoms with E-state index in [4.69, 9.17) is 9.29 Å². The third-order valence-corrected chi connectivity index (χ3v) is 3.31. The highest BCUT2D eigenvalue weighted by atomic mass is 32.2. The van der Waals surface area contributed by atoms with E-state index in [2.05, 4.69) is 0 Å². The molecule has 1 atom stereocenters. The summed E-state index contributed by atoms with van der Waals surface area (Å²) in [5, 5.41) is 0. The lowest BCUT2D eigenvalue weighted by Gasteiger charge is -2.28. The molecule has 0 spiro atoms. The molecule has 1 unspecified atom stereocenters. The van der Waals surface area contributed by atoms with Crippen LogP contribution in [-0.4, -0.2) is 42.9 Å². The standard InChI is InChI=1S/C8H15NO5S/c1-2-14-8(10)7-4-3-5-9(6-7)15(11,12)13/h7H,2-6H2,1H3,(H,11,12,13). The van der Waals surface area contributed by atoms with Crippen molar-refractivity contribution in [1.82, 2.24) is 4.31 Å². The van der Waals surface area contributed by atoms with Gasteiger partial charge in [-0.05, 0) is 19.8 Å². The van der Waals surface area contributed by atoms with Gasteiger partial charge < -0.3 is 4.74 Å². The minimum absolute atomic E-state index is 0.0116. The second kappa shape index (κ2) is 4.91. The Hall–Kier alpha value is -0.660. The number of carbonyl (C=O) groups excluding carboxylic acids is 1. The fourth-order valence-corrected chi connectivity index (χ4v) is 2.33. The van der Waals surface area contributed by atoms with Gasteiger partial charge >= 0.3 is 16.3 Å². The van der Waals surface area contributed by atoms with Crippen LogP contribution in [-0.2, 0) is 19.8 Å². The number of nitrogens with zero attached hydrogens (tertiary/aromatic N) is 1. The Labute approximate surface area is 89.1 Å². The van der Waals surface area contributed by atoms with Crippen LogP contribution in [0.5, 0.6) is 0 Å². The zero-order valence-corrected chi connectivity index (χ0v) is 9.37. The summed E-state index contributed by atoms with van der Waals surface area (Å²) in [5.41, 5.74) is 0. The molecule has 6 nitrogen and oxygen atoms in total. The Kier molecular flexibility index (Phi) is 4.06. The van der Waals surface area contributed by atoms with Crippen molar-refractivity contribution in [2.24, 2.45) is 5.92 Å². The van der Waals surface area contributed by atoms with Crippen LogP contribution < -0.4 is 0 Å². The zero-order chi connectivity index (χ0) is 11.5. The molecule has 1 rings (SSSR count). The van der Waals surface area contributed by atoms with Crippen molar-refractivity contribution in [2.75, 3.05) is 19.7 Å². The smallest absolute Gasteiger partial charge is 0.335 e. The molecule has 1 heterocycles. The van der Waals surface area contributed by atoms with Gasteiger partial charge in [0.2, 0.25) is 0 Å². The van der Waals surface area contributed by atoms with E-state index in [0.717, 1.165) is 4.31 Å². The van der Waals surface area contributed by atoms with Gasteiger partial charge in [0.05, 0.1) is 12.5 Å². The van der Waals surface area contributed by atoms with Crippen molar-refractivity contribution in [3.63, 3.8) is 0 Å². The molecule has 15 heavy (non-hydrogen) atoms. The minimum Gasteiger partial charge on any atom is -0.466 e. The molecule has 7 heteroatoms. The maximum Gasteiger partial charge on any atom is 0.335 e. The van der Waals surface area contributed by atoms with Crippen LogP contribution in [0.2, 0.25) is 0 Å². The summed E-state index contributed by atoms with van der Waals surface area (Å²) in [6.07, 6.45) is 1.16. The fraction of sp³-hybridized carbons (Fsp3) is 0.875. The Bertz CT molecular complexity index is 326. The van der Waals surface area contributed by atoms with Crippen LogP contribution in [0.1, 0.15) is 19.8 Å². The first kappa shape index (κ1) is 12.4. The Morgan fingerprint density at radius 1 is 1.60 bits per heavy atom. The van der Waals surface area contributed by atoms with E-state index in [1.54, 1.807) is 6.92 Å². The largest absolute Gasteiger partial charge is 0.466 e.